The van der Waals surface area contributed by atoms with Crippen LogP contribution in [0.15, 0.2) is 109 Å². The summed E-state index contributed by atoms with van der Waals surface area (Å²) in [4.78, 5) is 0. The highest BCUT2D eigenvalue weighted by atomic mass is 14.4. The molecule has 33 heavy (non-hydrogen) atoms. The van der Waals surface area contributed by atoms with Crippen LogP contribution in [0.3, 0.4) is 0 Å². The Morgan fingerprint density at radius 2 is 1.18 bits per heavy atom. The first-order valence-corrected chi connectivity index (χ1v) is 11.7. The predicted octanol–water partition coefficient (Wildman–Crippen LogP) is 9.12. The topological polar surface area (TPSA) is 0 Å². The lowest BCUT2D eigenvalue weighted by Crippen LogP contribution is -2.14. The van der Waals surface area contributed by atoms with E-state index in [-0.39, 0.29) is 5.41 Å². The van der Waals surface area contributed by atoms with Gasteiger partial charge < -0.3 is 0 Å². The van der Waals surface area contributed by atoms with Gasteiger partial charge in [0.05, 0.1) is 0 Å². The highest BCUT2D eigenvalue weighted by molar-refractivity contribution is 6.14. The van der Waals surface area contributed by atoms with Crippen LogP contribution in [0.2, 0.25) is 0 Å². The van der Waals surface area contributed by atoms with Gasteiger partial charge in [0.2, 0.25) is 0 Å². The minimum Gasteiger partial charge on any atom is -0.0619 e. The number of fused-ring (bicyclic) bond motifs is 6. The standard InChI is InChI=1S/C33H24/c1-33(2)30-14-8-7-13-27(30)29-19-25-18-23-11-5-6-12-26(23)32(28(25)20-31(29)33)24-16-15-21-9-3-4-10-22(21)17-24/h3-20H,1-2H3. The highest BCUT2D eigenvalue weighted by Gasteiger charge is 2.35. The van der Waals surface area contributed by atoms with Crippen molar-refractivity contribution in [2.24, 2.45) is 0 Å². The zero-order valence-corrected chi connectivity index (χ0v) is 18.9. The SMILES string of the molecule is CC1(C)c2ccccc2-c2cc3cc4ccccc4c(-c4ccc5ccccc5c4)c3cc21. The third-order valence-corrected chi connectivity index (χ3v) is 7.60. The van der Waals surface area contributed by atoms with Crippen molar-refractivity contribution in [3.8, 4) is 22.3 Å². The van der Waals surface area contributed by atoms with Crippen molar-refractivity contribution < 1.29 is 0 Å². The molecule has 0 aromatic heterocycles. The molecule has 0 amide bonds. The van der Waals surface area contributed by atoms with Gasteiger partial charge in [-0.05, 0) is 90.0 Å². The van der Waals surface area contributed by atoms with E-state index < -0.39 is 0 Å². The lowest BCUT2D eigenvalue weighted by Gasteiger charge is -2.22. The molecule has 156 valence electrons. The summed E-state index contributed by atoms with van der Waals surface area (Å²) in [6, 6.07) is 40.5. The van der Waals surface area contributed by atoms with E-state index in [2.05, 4.69) is 123 Å². The summed E-state index contributed by atoms with van der Waals surface area (Å²) >= 11 is 0. The highest BCUT2D eigenvalue weighted by Crippen LogP contribution is 2.51. The van der Waals surface area contributed by atoms with Gasteiger partial charge in [-0.25, -0.2) is 0 Å². The maximum absolute atomic E-state index is 2.47. The second-order valence-electron chi connectivity index (χ2n) is 9.82. The Labute approximate surface area is 194 Å². The van der Waals surface area contributed by atoms with Crippen LogP contribution in [0.5, 0.6) is 0 Å². The third-order valence-electron chi connectivity index (χ3n) is 7.60. The Bertz CT molecular complexity index is 1730. The molecule has 7 rings (SSSR count). The summed E-state index contributed by atoms with van der Waals surface area (Å²) in [6.45, 7) is 4.72. The van der Waals surface area contributed by atoms with E-state index in [9.17, 15) is 0 Å². The van der Waals surface area contributed by atoms with Crippen LogP contribution in [0.4, 0.5) is 0 Å². The molecule has 0 unspecified atom stereocenters. The van der Waals surface area contributed by atoms with Crippen molar-refractivity contribution >= 4 is 32.3 Å². The van der Waals surface area contributed by atoms with Crippen LogP contribution in [0.1, 0.15) is 25.0 Å². The molecule has 1 aliphatic rings. The minimum absolute atomic E-state index is 0.00752. The monoisotopic (exact) mass is 420 g/mol. The maximum Gasteiger partial charge on any atom is 0.0159 e. The van der Waals surface area contributed by atoms with Crippen molar-refractivity contribution in [2.45, 2.75) is 19.3 Å². The van der Waals surface area contributed by atoms with Crippen LogP contribution < -0.4 is 0 Å². The summed E-state index contributed by atoms with van der Waals surface area (Å²) in [5, 5.41) is 7.81. The fourth-order valence-corrected chi connectivity index (χ4v) is 5.92. The molecule has 0 nitrogen and oxygen atoms in total. The maximum atomic E-state index is 2.47. The summed E-state index contributed by atoms with van der Waals surface area (Å²) in [5.41, 5.74) is 8.21. The Balaban J connectivity index is 1.62. The molecule has 0 heteroatoms. The van der Waals surface area contributed by atoms with Crippen molar-refractivity contribution in [2.75, 3.05) is 0 Å². The van der Waals surface area contributed by atoms with Crippen molar-refractivity contribution in [1.29, 1.82) is 0 Å². The lowest BCUT2D eigenvalue weighted by atomic mass is 9.81. The molecule has 0 spiro atoms. The average Bonchev–Trinajstić information content (AvgIpc) is 3.07. The lowest BCUT2D eigenvalue weighted by molar-refractivity contribution is 0.661. The van der Waals surface area contributed by atoms with Crippen LogP contribution in [0, 0.1) is 0 Å². The Morgan fingerprint density at radius 1 is 0.455 bits per heavy atom. The Morgan fingerprint density at radius 3 is 2.06 bits per heavy atom. The third kappa shape index (κ3) is 2.58. The first kappa shape index (κ1) is 18.7. The van der Waals surface area contributed by atoms with Crippen LogP contribution in [-0.2, 0) is 5.41 Å². The summed E-state index contributed by atoms with van der Waals surface area (Å²) < 4.78 is 0. The Hall–Kier alpha value is -3.90. The number of hydrogen-bond donors (Lipinski definition) is 0. The molecule has 0 atom stereocenters. The zero-order chi connectivity index (χ0) is 22.2. The van der Waals surface area contributed by atoms with E-state index in [1.54, 1.807) is 0 Å². The van der Waals surface area contributed by atoms with E-state index in [4.69, 9.17) is 0 Å². The van der Waals surface area contributed by atoms with Gasteiger partial charge in [0.15, 0.2) is 0 Å². The Kier molecular flexibility index (Phi) is 3.71. The molecule has 0 saturated carbocycles. The largest absolute Gasteiger partial charge is 0.0619 e. The molecule has 0 aliphatic heterocycles. The number of benzene rings is 6. The molecule has 0 heterocycles. The van der Waals surface area contributed by atoms with E-state index in [0.717, 1.165) is 0 Å². The van der Waals surface area contributed by atoms with Gasteiger partial charge in [-0.15, -0.1) is 0 Å². The molecule has 0 bridgehead atoms. The fraction of sp³-hybridized carbons (Fsp3) is 0.0909. The van der Waals surface area contributed by atoms with Gasteiger partial charge in [0, 0.05) is 5.41 Å². The first-order chi connectivity index (χ1) is 16.1. The quantitative estimate of drug-likeness (QED) is 0.233. The molecule has 6 aromatic carbocycles. The molecule has 0 saturated heterocycles. The van der Waals surface area contributed by atoms with E-state index in [1.165, 1.54) is 65.7 Å². The molecule has 0 fully saturated rings. The van der Waals surface area contributed by atoms with Gasteiger partial charge in [-0.3, -0.25) is 0 Å². The first-order valence-electron chi connectivity index (χ1n) is 11.7. The summed E-state index contributed by atoms with van der Waals surface area (Å²) in [6.07, 6.45) is 0. The van der Waals surface area contributed by atoms with E-state index >= 15 is 0 Å². The summed E-state index contributed by atoms with van der Waals surface area (Å²) in [7, 11) is 0. The summed E-state index contributed by atoms with van der Waals surface area (Å²) in [5.74, 6) is 0. The van der Waals surface area contributed by atoms with Gasteiger partial charge in [0.25, 0.3) is 0 Å². The molecule has 0 N–H and O–H groups in total. The zero-order valence-electron chi connectivity index (χ0n) is 18.9. The predicted molar refractivity (Wildman–Crippen MR) is 142 cm³/mol. The van der Waals surface area contributed by atoms with Crippen LogP contribution in [-0.4, -0.2) is 0 Å². The normalized spacial score (nSPS) is 14.0. The smallest absolute Gasteiger partial charge is 0.0159 e. The molecule has 0 radical (unpaired) electrons. The van der Waals surface area contributed by atoms with Gasteiger partial charge in [-0.1, -0.05) is 98.8 Å². The molecule has 6 aromatic rings. The van der Waals surface area contributed by atoms with Crippen molar-refractivity contribution in [3.05, 3.63) is 120 Å². The number of hydrogen-bond acceptors (Lipinski definition) is 0. The fourth-order valence-electron chi connectivity index (χ4n) is 5.92. The van der Waals surface area contributed by atoms with Crippen LogP contribution >= 0.6 is 0 Å². The van der Waals surface area contributed by atoms with Crippen molar-refractivity contribution in [1.82, 2.24) is 0 Å². The van der Waals surface area contributed by atoms with Gasteiger partial charge >= 0.3 is 0 Å². The van der Waals surface area contributed by atoms with E-state index in [1.807, 2.05) is 0 Å². The van der Waals surface area contributed by atoms with Crippen molar-refractivity contribution in [3.63, 3.8) is 0 Å². The molecular weight excluding hydrogens is 396 g/mol. The second kappa shape index (κ2) is 6.56. The molecule has 1 aliphatic carbocycles. The van der Waals surface area contributed by atoms with Crippen LogP contribution in [0.25, 0.3) is 54.6 Å². The number of rotatable bonds is 1. The molecular formula is C33H24. The van der Waals surface area contributed by atoms with E-state index in [0.29, 0.717) is 0 Å². The average molecular weight is 421 g/mol. The minimum atomic E-state index is -0.00752. The second-order valence-corrected chi connectivity index (χ2v) is 9.82. The van der Waals surface area contributed by atoms with Gasteiger partial charge in [-0.2, -0.15) is 0 Å². The van der Waals surface area contributed by atoms with Gasteiger partial charge in [0.1, 0.15) is 0 Å².